The molecule has 1 aromatic rings. The van der Waals surface area contributed by atoms with Crippen LogP contribution in [-0.2, 0) is 0 Å². The average molecular weight is 312 g/mol. The van der Waals surface area contributed by atoms with Crippen LogP contribution in [0.4, 0.5) is 13.2 Å². The molecule has 0 unspecified atom stereocenters. The van der Waals surface area contributed by atoms with Crippen molar-refractivity contribution in [2.24, 2.45) is 0 Å². The SMILES string of the molecule is C/C(=C\c1ccccc1)CN1CCCN(CC(F)(F)F)CC1. The summed E-state index contributed by atoms with van der Waals surface area (Å²) in [5.41, 5.74) is 2.39. The van der Waals surface area contributed by atoms with Crippen molar-refractivity contribution >= 4 is 6.08 Å². The van der Waals surface area contributed by atoms with Gasteiger partial charge in [0.25, 0.3) is 0 Å². The van der Waals surface area contributed by atoms with Gasteiger partial charge in [-0.3, -0.25) is 9.80 Å². The molecule has 1 aliphatic heterocycles. The van der Waals surface area contributed by atoms with Crippen molar-refractivity contribution in [3.63, 3.8) is 0 Å². The molecule has 1 aliphatic rings. The molecule has 1 aromatic carbocycles. The predicted molar refractivity (Wildman–Crippen MR) is 83.6 cm³/mol. The number of halogens is 3. The van der Waals surface area contributed by atoms with Gasteiger partial charge in [0.05, 0.1) is 6.54 Å². The Kier molecular flexibility index (Phi) is 6.03. The van der Waals surface area contributed by atoms with Gasteiger partial charge < -0.3 is 0 Å². The number of hydrogen-bond donors (Lipinski definition) is 0. The van der Waals surface area contributed by atoms with Crippen molar-refractivity contribution < 1.29 is 13.2 Å². The molecule has 1 fully saturated rings. The molecule has 0 aromatic heterocycles. The van der Waals surface area contributed by atoms with E-state index in [-0.39, 0.29) is 0 Å². The molecule has 0 saturated carbocycles. The van der Waals surface area contributed by atoms with Crippen molar-refractivity contribution in [3.8, 4) is 0 Å². The Morgan fingerprint density at radius 2 is 1.68 bits per heavy atom. The molecule has 0 spiro atoms. The Balaban J connectivity index is 1.85. The Morgan fingerprint density at radius 3 is 2.36 bits per heavy atom. The van der Waals surface area contributed by atoms with Crippen molar-refractivity contribution in [1.29, 1.82) is 0 Å². The van der Waals surface area contributed by atoms with Crippen molar-refractivity contribution in [1.82, 2.24) is 9.80 Å². The van der Waals surface area contributed by atoms with Crippen LogP contribution in [0.1, 0.15) is 18.9 Å². The highest BCUT2D eigenvalue weighted by Crippen LogP contribution is 2.18. The maximum atomic E-state index is 12.5. The van der Waals surface area contributed by atoms with E-state index >= 15 is 0 Å². The van der Waals surface area contributed by atoms with Gasteiger partial charge in [-0.25, -0.2) is 0 Å². The molecule has 0 bridgehead atoms. The number of rotatable bonds is 4. The molecule has 1 heterocycles. The van der Waals surface area contributed by atoms with Gasteiger partial charge in [-0.05, 0) is 32.0 Å². The zero-order valence-electron chi connectivity index (χ0n) is 12.9. The highest BCUT2D eigenvalue weighted by atomic mass is 19.4. The van der Waals surface area contributed by atoms with Gasteiger partial charge >= 0.3 is 6.18 Å². The van der Waals surface area contributed by atoms with Crippen LogP contribution in [-0.4, -0.2) is 55.2 Å². The van der Waals surface area contributed by atoms with E-state index in [1.807, 2.05) is 18.2 Å². The van der Waals surface area contributed by atoms with Gasteiger partial charge in [-0.15, -0.1) is 0 Å². The molecular weight excluding hydrogens is 289 g/mol. The van der Waals surface area contributed by atoms with E-state index in [2.05, 4.69) is 30.0 Å². The molecule has 2 rings (SSSR count). The first-order chi connectivity index (χ1) is 10.4. The monoisotopic (exact) mass is 312 g/mol. The summed E-state index contributed by atoms with van der Waals surface area (Å²) in [6.07, 6.45) is -1.18. The highest BCUT2D eigenvalue weighted by Gasteiger charge is 2.31. The quantitative estimate of drug-likeness (QED) is 0.837. The first-order valence-corrected chi connectivity index (χ1v) is 7.66. The van der Waals surface area contributed by atoms with Gasteiger partial charge in [-0.1, -0.05) is 42.0 Å². The summed E-state index contributed by atoms with van der Waals surface area (Å²) in [6.45, 7) is 4.65. The Morgan fingerprint density at radius 1 is 1.05 bits per heavy atom. The number of alkyl halides is 3. The molecule has 1 saturated heterocycles. The van der Waals surface area contributed by atoms with Gasteiger partial charge in [0, 0.05) is 19.6 Å². The smallest absolute Gasteiger partial charge is 0.298 e. The zero-order valence-corrected chi connectivity index (χ0v) is 12.9. The molecule has 0 N–H and O–H groups in total. The van der Waals surface area contributed by atoms with E-state index in [1.165, 1.54) is 10.5 Å². The lowest BCUT2D eigenvalue weighted by Crippen LogP contribution is -2.37. The van der Waals surface area contributed by atoms with E-state index in [9.17, 15) is 13.2 Å². The van der Waals surface area contributed by atoms with E-state index in [0.29, 0.717) is 19.6 Å². The van der Waals surface area contributed by atoms with Crippen LogP contribution < -0.4 is 0 Å². The first kappa shape index (κ1) is 17.0. The number of hydrogen-bond acceptors (Lipinski definition) is 2. The Hall–Kier alpha value is -1.33. The average Bonchev–Trinajstić information content (AvgIpc) is 2.63. The molecule has 0 radical (unpaired) electrons. The van der Waals surface area contributed by atoms with Gasteiger partial charge in [0.1, 0.15) is 0 Å². The minimum Gasteiger partial charge on any atom is -0.298 e. The van der Waals surface area contributed by atoms with Crippen molar-refractivity contribution in [2.45, 2.75) is 19.5 Å². The molecule has 122 valence electrons. The van der Waals surface area contributed by atoms with E-state index in [1.54, 1.807) is 0 Å². The third-order valence-electron chi connectivity index (χ3n) is 3.77. The van der Waals surface area contributed by atoms with Crippen LogP contribution in [0.5, 0.6) is 0 Å². The molecule has 0 aliphatic carbocycles. The summed E-state index contributed by atoms with van der Waals surface area (Å²) in [5.74, 6) is 0. The second-order valence-electron chi connectivity index (χ2n) is 5.92. The number of benzene rings is 1. The van der Waals surface area contributed by atoms with Crippen molar-refractivity contribution in [2.75, 3.05) is 39.3 Å². The summed E-state index contributed by atoms with van der Waals surface area (Å²) in [6, 6.07) is 10.1. The second-order valence-corrected chi connectivity index (χ2v) is 5.92. The van der Waals surface area contributed by atoms with E-state index in [0.717, 1.165) is 25.1 Å². The van der Waals surface area contributed by atoms with Crippen LogP contribution in [0, 0.1) is 0 Å². The van der Waals surface area contributed by atoms with Gasteiger partial charge in [-0.2, -0.15) is 13.2 Å². The first-order valence-electron chi connectivity index (χ1n) is 7.66. The Bertz CT molecular complexity index is 482. The van der Waals surface area contributed by atoms with Crippen LogP contribution in [0.2, 0.25) is 0 Å². The summed E-state index contributed by atoms with van der Waals surface area (Å²) in [4.78, 5) is 3.75. The van der Waals surface area contributed by atoms with Crippen molar-refractivity contribution in [3.05, 3.63) is 41.5 Å². The lowest BCUT2D eigenvalue weighted by molar-refractivity contribution is -0.145. The van der Waals surface area contributed by atoms with Gasteiger partial charge in [0.2, 0.25) is 0 Å². The summed E-state index contributed by atoms with van der Waals surface area (Å²) < 4.78 is 37.4. The lowest BCUT2D eigenvalue weighted by atomic mass is 10.1. The number of nitrogens with zero attached hydrogens (tertiary/aromatic N) is 2. The molecule has 0 amide bonds. The zero-order chi connectivity index (χ0) is 16.0. The molecule has 0 atom stereocenters. The van der Waals surface area contributed by atoms with Crippen LogP contribution >= 0.6 is 0 Å². The third-order valence-corrected chi connectivity index (χ3v) is 3.77. The fourth-order valence-electron chi connectivity index (χ4n) is 2.83. The second kappa shape index (κ2) is 7.79. The highest BCUT2D eigenvalue weighted by molar-refractivity contribution is 5.52. The Labute approximate surface area is 130 Å². The van der Waals surface area contributed by atoms with E-state index < -0.39 is 12.7 Å². The molecule has 22 heavy (non-hydrogen) atoms. The van der Waals surface area contributed by atoms with E-state index in [4.69, 9.17) is 0 Å². The molecular formula is C17H23F3N2. The topological polar surface area (TPSA) is 6.48 Å². The summed E-state index contributed by atoms with van der Waals surface area (Å²) in [7, 11) is 0. The summed E-state index contributed by atoms with van der Waals surface area (Å²) >= 11 is 0. The van der Waals surface area contributed by atoms with Crippen LogP contribution in [0.15, 0.2) is 35.9 Å². The standard InChI is InChI=1S/C17H23F3N2/c1-15(12-16-6-3-2-4-7-16)13-21-8-5-9-22(11-10-21)14-17(18,19)20/h2-4,6-7,12H,5,8-11,13-14H2,1H3/b15-12+. The summed E-state index contributed by atoms with van der Waals surface area (Å²) in [5, 5.41) is 0. The molecule has 2 nitrogen and oxygen atoms in total. The minimum absolute atomic E-state index is 0.484. The largest absolute Gasteiger partial charge is 0.401 e. The maximum absolute atomic E-state index is 12.5. The normalized spacial score (nSPS) is 19.2. The molecule has 5 heteroatoms. The fraction of sp³-hybridized carbons (Fsp3) is 0.529. The fourth-order valence-corrected chi connectivity index (χ4v) is 2.83. The van der Waals surface area contributed by atoms with Crippen LogP contribution in [0.3, 0.4) is 0 Å². The predicted octanol–water partition coefficient (Wildman–Crippen LogP) is 3.66. The van der Waals surface area contributed by atoms with Crippen LogP contribution in [0.25, 0.3) is 6.08 Å². The minimum atomic E-state index is -4.10. The third kappa shape index (κ3) is 6.20. The maximum Gasteiger partial charge on any atom is 0.401 e. The lowest BCUT2D eigenvalue weighted by Gasteiger charge is -2.22. The van der Waals surface area contributed by atoms with Gasteiger partial charge in [0.15, 0.2) is 0 Å².